The molecule has 2 N–H and O–H groups in total. The van der Waals surface area contributed by atoms with Crippen LogP contribution in [0.3, 0.4) is 0 Å². The molecule has 2 aromatic rings. The molecule has 1 aromatic carbocycles. The van der Waals surface area contributed by atoms with Gasteiger partial charge in [-0.3, -0.25) is 9.89 Å². The minimum Gasteiger partial charge on any atom is -0.374 e. The molecule has 0 aliphatic heterocycles. The summed E-state index contributed by atoms with van der Waals surface area (Å²) in [6.07, 6.45) is 4.62. The van der Waals surface area contributed by atoms with E-state index < -0.39 is 0 Å². The molecule has 1 aliphatic rings. The molecule has 128 valence electrons. The number of amides is 1. The van der Waals surface area contributed by atoms with Gasteiger partial charge in [-0.25, -0.2) is 0 Å². The Morgan fingerprint density at radius 3 is 2.96 bits per heavy atom. The summed E-state index contributed by atoms with van der Waals surface area (Å²) in [5, 5.41) is 10.2. The van der Waals surface area contributed by atoms with E-state index in [0.29, 0.717) is 13.2 Å². The van der Waals surface area contributed by atoms with Crippen LogP contribution in [0.5, 0.6) is 0 Å². The van der Waals surface area contributed by atoms with Gasteiger partial charge in [-0.05, 0) is 43.4 Å². The molecule has 0 spiro atoms. The first-order chi connectivity index (χ1) is 11.6. The van der Waals surface area contributed by atoms with E-state index in [1.165, 1.54) is 5.56 Å². The van der Waals surface area contributed by atoms with Gasteiger partial charge in [0.15, 0.2) is 0 Å². The number of hydrogen-bond acceptors (Lipinski definition) is 3. The van der Waals surface area contributed by atoms with Crippen LogP contribution in [0.1, 0.15) is 42.7 Å². The molecule has 3 rings (SSSR count). The molecule has 5 heteroatoms. The summed E-state index contributed by atoms with van der Waals surface area (Å²) < 4.78 is 5.70. The molecule has 0 radical (unpaired) electrons. The lowest BCUT2D eigenvalue weighted by Gasteiger charge is -2.21. The van der Waals surface area contributed by atoms with Crippen LogP contribution in [-0.2, 0) is 35.5 Å². The highest BCUT2D eigenvalue weighted by Gasteiger charge is 2.25. The lowest BCUT2D eigenvalue weighted by atomic mass is 9.87. The normalized spacial score (nSPS) is 16.9. The van der Waals surface area contributed by atoms with Gasteiger partial charge in [0.1, 0.15) is 0 Å². The van der Waals surface area contributed by atoms with Gasteiger partial charge < -0.3 is 10.1 Å². The number of aromatic nitrogens is 2. The Balaban J connectivity index is 1.57. The highest BCUT2D eigenvalue weighted by molar-refractivity contribution is 5.79. The zero-order valence-electron chi connectivity index (χ0n) is 14.3. The van der Waals surface area contributed by atoms with Crippen molar-refractivity contribution < 1.29 is 9.53 Å². The number of fused-ring (bicyclic) bond motifs is 1. The second-order valence-corrected chi connectivity index (χ2v) is 6.66. The molecule has 0 saturated carbocycles. The van der Waals surface area contributed by atoms with E-state index in [0.717, 1.165) is 36.1 Å². The summed E-state index contributed by atoms with van der Waals surface area (Å²) in [6.45, 7) is 5.17. The van der Waals surface area contributed by atoms with E-state index in [2.05, 4.69) is 21.6 Å². The Hall–Kier alpha value is -2.14. The molecule has 0 fully saturated rings. The average Bonchev–Trinajstić information content (AvgIpc) is 3.06. The van der Waals surface area contributed by atoms with Gasteiger partial charge in [0.2, 0.25) is 5.91 Å². The summed E-state index contributed by atoms with van der Waals surface area (Å²) in [5.74, 6) is 0.145. The molecular formula is C19H25N3O2. The van der Waals surface area contributed by atoms with Crippen molar-refractivity contribution in [3.63, 3.8) is 0 Å². The molecule has 5 nitrogen and oxygen atoms in total. The molecule has 1 unspecified atom stereocenters. The Labute approximate surface area is 142 Å². The third-order valence-corrected chi connectivity index (χ3v) is 4.53. The fraction of sp³-hybridized carbons (Fsp3) is 0.474. The first-order valence-corrected chi connectivity index (χ1v) is 8.60. The van der Waals surface area contributed by atoms with Gasteiger partial charge in [-0.1, -0.05) is 24.3 Å². The SMILES string of the molecule is CC(C)OCc1ccccc1CNC(=O)C1CCc2cn[nH]c2C1. The number of benzene rings is 1. The summed E-state index contributed by atoms with van der Waals surface area (Å²) in [4.78, 5) is 12.5. The molecular weight excluding hydrogens is 302 g/mol. The maximum Gasteiger partial charge on any atom is 0.223 e. The first kappa shape index (κ1) is 16.7. The Bertz CT molecular complexity index is 693. The van der Waals surface area contributed by atoms with Crippen LogP contribution in [-0.4, -0.2) is 22.2 Å². The summed E-state index contributed by atoms with van der Waals surface area (Å²) in [7, 11) is 0. The van der Waals surface area contributed by atoms with Crippen LogP contribution in [0.25, 0.3) is 0 Å². The number of ether oxygens (including phenoxy) is 1. The van der Waals surface area contributed by atoms with Crippen LogP contribution in [0.2, 0.25) is 0 Å². The zero-order chi connectivity index (χ0) is 16.9. The van der Waals surface area contributed by atoms with E-state index in [1.807, 2.05) is 38.2 Å². The number of carbonyl (C=O) groups is 1. The van der Waals surface area contributed by atoms with Gasteiger partial charge in [-0.2, -0.15) is 5.10 Å². The highest BCUT2D eigenvalue weighted by atomic mass is 16.5. The lowest BCUT2D eigenvalue weighted by molar-refractivity contribution is -0.125. The fourth-order valence-corrected chi connectivity index (χ4v) is 3.09. The van der Waals surface area contributed by atoms with Crippen molar-refractivity contribution in [2.24, 2.45) is 5.92 Å². The van der Waals surface area contributed by atoms with Crippen LogP contribution in [0.15, 0.2) is 30.5 Å². The standard InChI is InChI=1S/C19H25N3O2/c1-13(2)24-12-17-6-4-3-5-15(17)10-20-19(23)14-7-8-16-11-21-22-18(16)9-14/h3-6,11,13-14H,7-10,12H2,1-2H3,(H,20,23)(H,21,22). The third-order valence-electron chi connectivity index (χ3n) is 4.53. The topological polar surface area (TPSA) is 67.0 Å². The minimum atomic E-state index is 0.0250. The van der Waals surface area contributed by atoms with Crippen molar-refractivity contribution >= 4 is 5.91 Å². The Kier molecular flexibility index (Phi) is 5.30. The van der Waals surface area contributed by atoms with Gasteiger partial charge >= 0.3 is 0 Å². The summed E-state index contributed by atoms with van der Waals surface area (Å²) in [6, 6.07) is 8.11. The molecule has 1 aromatic heterocycles. The molecule has 1 aliphatic carbocycles. The van der Waals surface area contributed by atoms with E-state index in [9.17, 15) is 4.79 Å². The minimum absolute atomic E-state index is 0.0250. The van der Waals surface area contributed by atoms with E-state index in [-0.39, 0.29) is 17.9 Å². The lowest BCUT2D eigenvalue weighted by Crippen LogP contribution is -2.33. The number of aryl methyl sites for hydroxylation is 1. The maximum atomic E-state index is 12.5. The molecule has 1 atom stereocenters. The van der Waals surface area contributed by atoms with Gasteiger partial charge in [0, 0.05) is 24.6 Å². The number of hydrogen-bond donors (Lipinski definition) is 2. The first-order valence-electron chi connectivity index (χ1n) is 8.60. The van der Waals surface area contributed by atoms with Crippen LogP contribution >= 0.6 is 0 Å². The number of aromatic amines is 1. The van der Waals surface area contributed by atoms with Crippen molar-refractivity contribution in [3.05, 3.63) is 52.8 Å². The quantitative estimate of drug-likeness (QED) is 0.857. The van der Waals surface area contributed by atoms with Crippen LogP contribution in [0, 0.1) is 5.92 Å². The number of H-pyrrole nitrogens is 1. The number of rotatable bonds is 6. The fourth-order valence-electron chi connectivity index (χ4n) is 3.09. The second kappa shape index (κ2) is 7.62. The van der Waals surface area contributed by atoms with Crippen LogP contribution in [0.4, 0.5) is 0 Å². The van der Waals surface area contributed by atoms with Gasteiger partial charge in [-0.15, -0.1) is 0 Å². The average molecular weight is 327 g/mol. The smallest absolute Gasteiger partial charge is 0.223 e. The number of nitrogens with one attached hydrogen (secondary N) is 2. The second-order valence-electron chi connectivity index (χ2n) is 6.66. The molecule has 1 heterocycles. The van der Waals surface area contributed by atoms with E-state index >= 15 is 0 Å². The van der Waals surface area contributed by atoms with E-state index in [4.69, 9.17) is 4.74 Å². The van der Waals surface area contributed by atoms with Crippen molar-refractivity contribution in [3.8, 4) is 0 Å². The number of carbonyl (C=O) groups excluding carboxylic acids is 1. The molecule has 0 bridgehead atoms. The monoisotopic (exact) mass is 327 g/mol. The molecule has 24 heavy (non-hydrogen) atoms. The zero-order valence-corrected chi connectivity index (χ0v) is 14.3. The van der Waals surface area contributed by atoms with Crippen molar-refractivity contribution in [1.29, 1.82) is 0 Å². The van der Waals surface area contributed by atoms with Crippen molar-refractivity contribution in [2.75, 3.05) is 0 Å². The van der Waals surface area contributed by atoms with Crippen LogP contribution < -0.4 is 5.32 Å². The number of nitrogens with zero attached hydrogens (tertiary/aromatic N) is 1. The summed E-state index contributed by atoms with van der Waals surface area (Å²) >= 11 is 0. The highest BCUT2D eigenvalue weighted by Crippen LogP contribution is 2.24. The van der Waals surface area contributed by atoms with E-state index in [1.54, 1.807) is 0 Å². The maximum absolute atomic E-state index is 12.5. The molecule has 0 saturated heterocycles. The third kappa shape index (κ3) is 4.03. The van der Waals surface area contributed by atoms with Gasteiger partial charge in [0.05, 0.1) is 18.9 Å². The largest absolute Gasteiger partial charge is 0.374 e. The predicted molar refractivity (Wildman–Crippen MR) is 92.3 cm³/mol. The summed E-state index contributed by atoms with van der Waals surface area (Å²) in [5.41, 5.74) is 4.60. The van der Waals surface area contributed by atoms with Crippen molar-refractivity contribution in [2.45, 2.75) is 52.4 Å². The Morgan fingerprint density at radius 1 is 1.38 bits per heavy atom. The Morgan fingerprint density at radius 2 is 2.17 bits per heavy atom. The van der Waals surface area contributed by atoms with Crippen molar-refractivity contribution in [1.82, 2.24) is 15.5 Å². The van der Waals surface area contributed by atoms with Gasteiger partial charge in [0.25, 0.3) is 0 Å². The molecule has 1 amide bonds. The predicted octanol–water partition coefficient (Wildman–Crippen LogP) is 2.76.